The normalized spacial score (nSPS) is 17.6. The first-order valence-corrected chi connectivity index (χ1v) is 9.22. The molecule has 124 valence electrons. The summed E-state index contributed by atoms with van der Waals surface area (Å²) in [4.78, 5) is 5.93. The van der Waals surface area contributed by atoms with Gasteiger partial charge in [-0.05, 0) is 23.3 Å². The lowest BCUT2D eigenvalue weighted by atomic mass is 9.97. The Kier molecular flexibility index (Phi) is 4.47. The van der Waals surface area contributed by atoms with Crippen molar-refractivity contribution >= 4 is 33.4 Å². The van der Waals surface area contributed by atoms with Crippen molar-refractivity contribution in [3.05, 3.63) is 28.6 Å². The molecule has 2 aromatic rings. The molecule has 1 atom stereocenters. The van der Waals surface area contributed by atoms with E-state index in [4.69, 9.17) is 0 Å². The molecule has 1 aromatic carbocycles. The number of anilines is 1. The van der Waals surface area contributed by atoms with Crippen LogP contribution in [0.5, 0.6) is 0 Å². The number of hydrogen-bond acceptors (Lipinski definition) is 4. The average molecular weight is 330 g/mol. The van der Waals surface area contributed by atoms with Crippen LogP contribution >= 0.6 is 11.3 Å². The number of thiophene rings is 1. The molecule has 3 rings (SSSR count). The van der Waals surface area contributed by atoms with E-state index in [0.29, 0.717) is 5.92 Å². The van der Waals surface area contributed by atoms with Crippen molar-refractivity contribution in [3.63, 3.8) is 0 Å². The third-order valence-corrected chi connectivity index (χ3v) is 5.29. The van der Waals surface area contributed by atoms with Gasteiger partial charge in [0.05, 0.1) is 16.9 Å². The van der Waals surface area contributed by atoms with Gasteiger partial charge in [-0.3, -0.25) is 10.3 Å². The molecule has 0 spiro atoms. The SMILES string of the molecule is CC(C)Cc1cccc2c3c(sc12)C(NCC(C)(C)C)N=CN3. The summed E-state index contributed by atoms with van der Waals surface area (Å²) in [5.74, 6) is 0.666. The molecule has 2 N–H and O–H groups in total. The predicted octanol–water partition coefficient (Wildman–Crippen LogP) is 5.19. The van der Waals surface area contributed by atoms with Gasteiger partial charge in [0.15, 0.2) is 0 Å². The quantitative estimate of drug-likeness (QED) is 0.810. The molecule has 0 fully saturated rings. The van der Waals surface area contributed by atoms with Crippen molar-refractivity contribution in [2.75, 3.05) is 11.9 Å². The molecule has 1 aliphatic rings. The summed E-state index contributed by atoms with van der Waals surface area (Å²) in [7, 11) is 0. The molecular weight excluding hydrogens is 302 g/mol. The summed E-state index contributed by atoms with van der Waals surface area (Å²) in [6, 6.07) is 6.67. The average Bonchev–Trinajstić information content (AvgIpc) is 2.84. The molecule has 0 aliphatic carbocycles. The lowest BCUT2D eigenvalue weighted by Gasteiger charge is -2.24. The maximum atomic E-state index is 4.62. The molecule has 0 amide bonds. The first-order chi connectivity index (χ1) is 10.8. The zero-order valence-electron chi connectivity index (χ0n) is 14.7. The van der Waals surface area contributed by atoms with E-state index in [1.165, 1.54) is 26.2 Å². The van der Waals surface area contributed by atoms with Gasteiger partial charge in [0.1, 0.15) is 6.17 Å². The van der Waals surface area contributed by atoms with E-state index in [2.05, 4.69) is 68.4 Å². The van der Waals surface area contributed by atoms with Gasteiger partial charge in [-0.15, -0.1) is 11.3 Å². The highest BCUT2D eigenvalue weighted by Crippen LogP contribution is 2.43. The topological polar surface area (TPSA) is 36.4 Å². The molecule has 1 unspecified atom stereocenters. The van der Waals surface area contributed by atoms with Crippen LogP contribution in [-0.2, 0) is 6.42 Å². The van der Waals surface area contributed by atoms with E-state index in [0.717, 1.165) is 13.0 Å². The molecule has 0 saturated heterocycles. The van der Waals surface area contributed by atoms with E-state index < -0.39 is 0 Å². The highest BCUT2D eigenvalue weighted by atomic mass is 32.1. The minimum Gasteiger partial charge on any atom is -0.345 e. The summed E-state index contributed by atoms with van der Waals surface area (Å²) in [6.07, 6.45) is 3.02. The number of aliphatic imine (C=N–C) groups is 1. The third kappa shape index (κ3) is 3.59. The summed E-state index contributed by atoms with van der Waals surface area (Å²) >= 11 is 1.89. The smallest absolute Gasteiger partial charge is 0.138 e. The van der Waals surface area contributed by atoms with Crippen LogP contribution in [0.1, 0.15) is 51.2 Å². The van der Waals surface area contributed by atoms with Crippen LogP contribution < -0.4 is 10.6 Å². The van der Waals surface area contributed by atoms with Crippen molar-refractivity contribution in [1.29, 1.82) is 0 Å². The van der Waals surface area contributed by atoms with Crippen molar-refractivity contribution in [3.8, 4) is 0 Å². The summed E-state index contributed by atoms with van der Waals surface area (Å²) in [5, 5.41) is 8.31. The predicted molar refractivity (Wildman–Crippen MR) is 103 cm³/mol. The fraction of sp³-hybridized carbons (Fsp3) is 0.526. The summed E-state index contributed by atoms with van der Waals surface area (Å²) in [6.45, 7) is 12.2. The van der Waals surface area contributed by atoms with E-state index in [-0.39, 0.29) is 11.6 Å². The van der Waals surface area contributed by atoms with Crippen molar-refractivity contribution in [1.82, 2.24) is 5.32 Å². The van der Waals surface area contributed by atoms with Crippen LogP contribution in [-0.4, -0.2) is 12.9 Å². The third-order valence-electron chi connectivity index (χ3n) is 3.96. The number of rotatable bonds is 4. The van der Waals surface area contributed by atoms with Gasteiger partial charge >= 0.3 is 0 Å². The Labute approximate surface area is 143 Å². The first kappa shape index (κ1) is 16.5. The van der Waals surface area contributed by atoms with Crippen LogP contribution in [0.25, 0.3) is 10.1 Å². The largest absolute Gasteiger partial charge is 0.345 e. The molecule has 0 saturated carbocycles. The first-order valence-electron chi connectivity index (χ1n) is 8.41. The Morgan fingerprint density at radius 1 is 1.30 bits per heavy atom. The van der Waals surface area contributed by atoms with Gasteiger partial charge in [0, 0.05) is 16.6 Å². The van der Waals surface area contributed by atoms with Gasteiger partial charge < -0.3 is 5.32 Å². The van der Waals surface area contributed by atoms with Gasteiger partial charge in [-0.2, -0.15) is 0 Å². The summed E-state index contributed by atoms with van der Waals surface area (Å²) < 4.78 is 1.41. The van der Waals surface area contributed by atoms with Gasteiger partial charge in [-0.25, -0.2) is 0 Å². The van der Waals surface area contributed by atoms with E-state index >= 15 is 0 Å². The Bertz CT molecular complexity index is 722. The Morgan fingerprint density at radius 3 is 2.78 bits per heavy atom. The minimum atomic E-state index is 0.0646. The number of nitrogens with one attached hydrogen (secondary N) is 2. The molecule has 23 heavy (non-hydrogen) atoms. The number of nitrogens with zero attached hydrogens (tertiary/aromatic N) is 1. The van der Waals surface area contributed by atoms with E-state index in [1.54, 1.807) is 0 Å². The molecular formula is C19H27N3S. The van der Waals surface area contributed by atoms with E-state index in [1.807, 2.05) is 17.7 Å². The zero-order valence-corrected chi connectivity index (χ0v) is 15.6. The fourth-order valence-corrected chi connectivity index (χ4v) is 4.24. The minimum absolute atomic E-state index is 0.0646. The lowest BCUT2D eigenvalue weighted by Crippen LogP contribution is -2.31. The van der Waals surface area contributed by atoms with Crippen LogP contribution in [0.3, 0.4) is 0 Å². The Hall–Kier alpha value is -1.39. The van der Waals surface area contributed by atoms with Crippen molar-refractivity contribution in [2.45, 2.75) is 47.2 Å². The van der Waals surface area contributed by atoms with Gasteiger partial charge in [0.25, 0.3) is 0 Å². The number of benzene rings is 1. The van der Waals surface area contributed by atoms with Gasteiger partial charge in [-0.1, -0.05) is 52.8 Å². The second-order valence-corrected chi connectivity index (χ2v) is 9.05. The molecule has 0 bridgehead atoms. The zero-order chi connectivity index (χ0) is 16.6. The standard InChI is InChI=1S/C19H27N3S/c1-12(2)9-13-7-6-8-14-15-17(23-16(13)14)18(22-11-21-15)20-10-19(3,4)5/h6-8,11-12,18,20H,9-10H2,1-5H3,(H,21,22). The van der Waals surface area contributed by atoms with Crippen LogP contribution in [0, 0.1) is 11.3 Å². The monoisotopic (exact) mass is 329 g/mol. The molecule has 4 heteroatoms. The molecule has 1 aliphatic heterocycles. The van der Waals surface area contributed by atoms with E-state index in [9.17, 15) is 0 Å². The maximum Gasteiger partial charge on any atom is 0.138 e. The lowest BCUT2D eigenvalue weighted by molar-refractivity contribution is 0.357. The fourth-order valence-electron chi connectivity index (χ4n) is 2.93. The second-order valence-electron chi connectivity index (χ2n) is 8.00. The van der Waals surface area contributed by atoms with Gasteiger partial charge in [0.2, 0.25) is 0 Å². The molecule has 3 nitrogen and oxygen atoms in total. The van der Waals surface area contributed by atoms with Crippen LogP contribution in [0.2, 0.25) is 0 Å². The highest BCUT2D eigenvalue weighted by Gasteiger charge is 2.24. The Balaban J connectivity index is 1.97. The van der Waals surface area contributed by atoms with Crippen molar-refractivity contribution in [2.24, 2.45) is 16.3 Å². The molecule has 0 radical (unpaired) electrons. The highest BCUT2D eigenvalue weighted by molar-refractivity contribution is 7.20. The van der Waals surface area contributed by atoms with Crippen LogP contribution in [0.15, 0.2) is 23.2 Å². The maximum absolute atomic E-state index is 4.62. The summed E-state index contributed by atoms with van der Waals surface area (Å²) in [5.41, 5.74) is 2.94. The number of fused-ring (bicyclic) bond motifs is 3. The molecule has 2 heterocycles. The number of hydrogen-bond donors (Lipinski definition) is 2. The van der Waals surface area contributed by atoms with Crippen LogP contribution in [0.4, 0.5) is 5.69 Å². The molecule has 1 aromatic heterocycles. The van der Waals surface area contributed by atoms with Crippen molar-refractivity contribution < 1.29 is 0 Å². The second kappa shape index (κ2) is 6.25. The Morgan fingerprint density at radius 2 is 2.09 bits per heavy atom.